The Hall–Kier alpha value is -2.34. The summed E-state index contributed by atoms with van der Waals surface area (Å²) in [6.45, 7) is 3.96. The van der Waals surface area contributed by atoms with Gasteiger partial charge in [0.15, 0.2) is 0 Å². The van der Waals surface area contributed by atoms with Crippen LogP contribution in [0.5, 0.6) is 5.75 Å². The Bertz CT molecular complexity index is 1200. The molecule has 0 aromatic heterocycles. The zero-order valence-electron chi connectivity index (χ0n) is 16.4. The van der Waals surface area contributed by atoms with Crippen LogP contribution in [0.4, 0.5) is 0 Å². The van der Waals surface area contributed by atoms with E-state index in [-0.39, 0.29) is 4.90 Å². The first-order valence-corrected chi connectivity index (χ1v) is 11.0. The van der Waals surface area contributed by atoms with E-state index in [4.69, 9.17) is 20.5 Å². The van der Waals surface area contributed by atoms with E-state index in [2.05, 4.69) is 0 Å². The largest absolute Gasteiger partial charge is 0.484 e. The number of fused-ring (bicyclic) bond motifs is 1. The fourth-order valence-electron chi connectivity index (χ4n) is 3.81. The standard InChI is InChI=1S/C23H21ClO4S/c1-14-8-9-22(29(25,26)27-3)20(10-14)21-12-16-11-17(24)13-19(23(16)28-21)18-7-5-4-6-15(18)2/h4-11,13,21H,12H2,1-3H3. The van der Waals surface area contributed by atoms with E-state index < -0.39 is 16.2 Å². The van der Waals surface area contributed by atoms with Crippen molar-refractivity contribution in [1.82, 2.24) is 0 Å². The lowest BCUT2D eigenvalue weighted by Gasteiger charge is -2.17. The van der Waals surface area contributed by atoms with Crippen molar-refractivity contribution in [3.63, 3.8) is 0 Å². The van der Waals surface area contributed by atoms with Gasteiger partial charge in [0.25, 0.3) is 10.1 Å². The van der Waals surface area contributed by atoms with Crippen LogP contribution in [0.25, 0.3) is 11.1 Å². The molecule has 150 valence electrons. The van der Waals surface area contributed by atoms with E-state index in [1.165, 1.54) is 7.11 Å². The molecule has 1 atom stereocenters. The van der Waals surface area contributed by atoms with Gasteiger partial charge in [0.2, 0.25) is 0 Å². The first-order valence-electron chi connectivity index (χ1n) is 9.26. The summed E-state index contributed by atoms with van der Waals surface area (Å²) in [6, 6.07) is 17.0. The number of hydrogen-bond acceptors (Lipinski definition) is 4. The molecule has 0 radical (unpaired) electrons. The highest BCUT2D eigenvalue weighted by Crippen LogP contribution is 2.46. The molecule has 0 amide bonds. The Kier molecular flexibility index (Phi) is 5.15. The number of halogens is 1. The maximum Gasteiger partial charge on any atom is 0.297 e. The lowest BCUT2D eigenvalue weighted by atomic mass is 9.96. The summed E-state index contributed by atoms with van der Waals surface area (Å²) < 4.78 is 36.0. The van der Waals surface area contributed by atoms with Crippen molar-refractivity contribution in [1.29, 1.82) is 0 Å². The molecule has 0 bridgehead atoms. The van der Waals surface area contributed by atoms with Crippen LogP contribution in [0.3, 0.4) is 0 Å². The second-order valence-electron chi connectivity index (χ2n) is 7.23. The molecule has 4 nitrogen and oxygen atoms in total. The molecule has 1 unspecified atom stereocenters. The zero-order valence-corrected chi connectivity index (χ0v) is 18.0. The summed E-state index contributed by atoms with van der Waals surface area (Å²) in [4.78, 5) is 0.131. The van der Waals surface area contributed by atoms with Gasteiger partial charge in [0, 0.05) is 28.1 Å². The Balaban J connectivity index is 1.83. The predicted molar refractivity (Wildman–Crippen MR) is 114 cm³/mol. The van der Waals surface area contributed by atoms with E-state index in [9.17, 15) is 8.42 Å². The van der Waals surface area contributed by atoms with Crippen LogP contribution >= 0.6 is 11.6 Å². The van der Waals surface area contributed by atoms with Crippen LogP contribution in [0, 0.1) is 13.8 Å². The average Bonchev–Trinajstić information content (AvgIpc) is 3.11. The van der Waals surface area contributed by atoms with Gasteiger partial charge in [0.1, 0.15) is 16.7 Å². The first-order chi connectivity index (χ1) is 13.8. The summed E-state index contributed by atoms with van der Waals surface area (Å²) in [5.74, 6) is 0.746. The minimum atomic E-state index is -3.85. The van der Waals surface area contributed by atoms with E-state index in [1.807, 2.05) is 56.3 Å². The molecule has 1 heterocycles. The number of benzene rings is 3. The predicted octanol–water partition coefficient (Wildman–Crippen LogP) is 5.64. The molecule has 0 spiro atoms. The van der Waals surface area contributed by atoms with Gasteiger partial charge in [-0.1, -0.05) is 53.6 Å². The maximum atomic E-state index is 12.5. The van der Waals surface area contributed by atoms with Gasteiger partial charge >= 0.3 is 0 Å². The lowest BCUT2D eigenvalue weighted by molar-refractivity contribution is 0.235. The van der Waals surface area contributed by atoms with Crippen LogP contribution in [-0.4, -0.2) is 15.5 Å². The van der Waals surface area contributed by atoms with Crippen LogP contribution in [0.15, 0.2) is 59.5 Å². The Morgan fingerprint density at radius 1 is 1.03 bits per heavy atom. The van der Waals surface area contributed by atoms with Gasteiger partial charge in [-0.3, -0.25) is 4.18 Å². The monoisotopic (exact) mass is 428 g/mol. The van der Waals surface area contributed by atoms with Gasteiger partial charge in [-0.25, -0.2) is 0 Å². The summed E-state index contributed by atoms with van der Waals surface area (Å²) >= 11 is 6.40. The molecule has 0 saturated heterocycles. The van der Waals surface area contributed by atoms with E-state index in [1.54, 1.807) is 12.1 Å². The van der Waals surface area contributed by atoms with Crippen molar-refractivity contribution >= 4 is 21.7 Å². The quantitative estimate of drug-likeness (QED) is 0.505. The molecular formula is C23H21ClO4S. The summed E-state index contributed by atoms with van der Waals surface area (Å²) in [6.07, 6.45) is 0.0934. The first kappa shape index (κ1) is 20.0. The second-order valence-corrected chi connectivity index (χ2v) is 9.35. The molecule has 0 saturated carbocycles. The lowest BCUT2D eigenvalue weighted by Crippen LogP contribution is -2.12. The third kappa shape index (κ3) is 3.66. The number of rotatable bonds is 4. The van der Waals surface area contributed by atoms with Crippen molar-refractivity contribution in [3.05, 3.63) is 81.9 Å². The fraction of sp³-hybridized carbons (Fsp3) is 0.217. The normalized spacial score (nSPS) is 15.8. The highest BCUT2D eigenvalue weighted by molar-refractivity contribution is 7.86. The third-order valence-corrected chi connectivity index (χ3v) is 6.80. The average molecular weight is 429 g/mol. The van der Waals surface area contributed by atoms with Crippen LogP contribution in [-0.2, 0) is 20.7 Å². The van der Waals surface area contributed by atoms with E-state index >= 15 is 0 Å². The highest BCUT2D eigenvalue weighted by atomic mass is 35.5. The molecule has 3 aromatic rings. The molecule has 1 aliphatic rings. The van der Waals surface area contributed by atoms with Crippen molar-refractivity contribution < 1.29 is 17.3 Å². The molecule has 0 fully saturated rings. The van der Waals surface area contributed by atoms with Crippen molar-refractivity contribution in [2.75, 3.05) is 7.11 Å². The summed E-state index contributed by atoms with van der Waals surface area (Å²) in [5, 5.41) is 0.625. The smallest absolute Gasteiger partial charge is 0.297 e. The molecule has 0 aliphatic carbocycles. The topological polar surface area (TPSA) is 52.6 Å². The van der Waals surface area contributed by atoms with Crippen LogP contribution in [0.2, 0.25) is 5.02 Å². The molecule has 3 aromatic carbocycles. The number of aryl methyl sites for hydroxylation is 2. The SMILES string of the molecule is COS(=O)(=O)c1ccc(C)cc1C1Cc2cc(Cl)cc(-c3ccccc3C)c2O1. The Morgan fingerprint density at radius 2 is 1.79 bits per heavy atom. The van der Waals surface area contributed by atoms with Crippen molar-refractivity contribution in [2.24, 2.45) is 0 Å². The number of hydrogen-bond donors (Lipinski definition) is 0. The Labute approximate surface area is 176 Å². The maximum absolute atomic E-state index is 12.5. The van der Waals surface area contributed by atoms with Crippen LogP contribution in [0.1, 0.15) is 28.4 Å². The Morgan fingerprint density at radius 3 is 2.52 bits per heavy atom. The van der Waals surface area contributed by atoms with E-state index in [0.717, 1.165) is 33.6 Å². The zero-order chi connectivity index (χ0) is 20.8. The van der Waals surface area contributed by atoms with Gasteiger partial charge < -0.3 is 4.74 Å². The molecule has 1 aliphatic heterocycles. The van der Waals surface area contributed by atoms with Gasteiger partial charge in [-0.05, 0) is 43.2 Å². The van der Waals surface area contributed by atoms with Crippen LogP contribution < -0.4 is 4.74 Å². The summed E-state index contributed by atoms with van der Waals surface area (Å²) in [5.41, 5.74) is 5.57. The third-order valence-electron chi connectivity index (χ3n) is 5.23. The minimum Gasteiger partial charge on any atom is -0.484 e. The molecule has 4 rings (SSSR count). The van der Waals surface area contributed by atoms with Gasteiger partial charge in [0.05, 0.1) is 7.11 Å². The fourth-order valence-corrected chi connectivity index (χ4v) is 4.94. The van der Waals surface area contributed by atoms with Gasteiger partial charge in [-0.15, -0.1) is 0 Å². The molecule has 29 heavy (non-hydrogen) atoms. The molecule has 6 heteroatoms. The summed E-state index contributed by atoms with van der Waals surface area (Å²) in [7, 11) is -2.69. The van der Waals surface area contributed by atoms with Crippen molar-refractivity contribution in [2.45, 2.75) is 31.3 Å². The van der Waals surface area contributed by atoms with E-state index in [0.29, 0.717) is 17.0 Å². The van der Waals surface area contributed by atoms with Gasteiger partial charge in [-0.2, -0.15) is 8.42 Å². The number of ether oxygens (including phenoxy) is 1. The molecule has 0 N–H and O–H groups in total. The minimum absolute atomic E-state index is 0.131. The highest BCUT2D eigenvalue weighted by Gasteiger charge is 2.32. The second kappa shape index (κ2) is 7.48. The molecular weight excluding hydrogens is 408 g/mol. The van der Waals surface area contributed by atoms with Crippen molar-refractivity contribution in [3.8, 4) is 16.9 Å².